The van der Waals surface area contributed by atoms with E-state index in [0.717, 1.165) is 19.6 Å². The molecule has 0 N–H and O–H groups in total. The van der Waals surface area contributed by atoms with Crippen LogP contribution in [0.2, 0.25) is 0 Å². The molecule has 0 bridgehead atoms. The topological polar surface area (TPSA) is 15.7 Å². The summed E-state index contributed by atoms with van der Waals surface area (Å²) < 4.78 is 0. The third kappa shape index (κ3) is 1.68. The Balaban J connectivity index is 2.33. The molecule has 0 radical (unpaired) electrons. The second kappa shape index (κ2) is 3.32. The van der Waals surface area contributed by atoms with Crippen molar-refractivity contribution in [1.82, 2.24) is 9.96 Å². The van der Waals surface area contributed by atoms with Crippen LogP contribution in [0.1, 0.15) is 6.92 Å². The minimum Gasteiger partial charge on any atom is -0.302 e. The highest BCUT2D eigenvalue weighted by atomic mass is 16.7. The van der Waals surface area contributed by atoms with Crippen molar-refractivity contribution >= 4 is 0 Å². The lowest BCUT2D eigenvalue weighted by atomic mass is 10.2. The van der Waals surface area contributed by atoms with E-state index in [-0.39, 0.29) is 0 Å². The molecule has 1 saturated heterocycles. The van der Waals surface area contributed by atoms with Gasteiger partial charge in [-0.2, -0.15) is 5.06 Å². The molecule has 0 spiro atoms. The predicted molar refractivity (Wildman–Crippen MR) is 40.7 cm³/mol. The quantitative estimate of drug-likeness (QED) is 0.522. The Morgan fingerprint density at radius 2 is 2.10 bits per heavy atom. The fraction of sp³-hybridized carbons (Fsp3) is 1.00. The van der Waals surface area contributed by atoms with E-state index in [0.29, 0.717) is 6.04 Å². The van der Waals surface area contributed by atoms with Gasteiger partial charge in [-0.3, -0.25) is 0 Å². The lowest BCUT2D eigenvalue weighted by Gasteiger charge is -2.35. The Bertz CT molecular complexity index is 108. The van der Waals surface area contributed by atoms with Crippen molar-refractivity contribution in [2.75, 3.05) is 33.8 Å². The molecule has 60 valence electrons. The monoisotopic (exact) mass is 144 g/mol. The summed E-state index contributed by atoms with van der Waals surface area (Å²) in [6, 6.07) is 0.619. The Hall–Kier alpha value is -0.120. The van der Waals surface area contributed by atoms with Crippen molar-refractivity contribution in [3.8, 4) is 0 Å². The summed E-state index contributed by atoms with van der Waals surface area (Å²) in [4.78, 5) is 7.46. The third-order valence-corrected chi connectivity index (χ3v) is 2.18. The van der Waals surface area contributed by atoms with Crippen LogP contribution in [0.5, 0.6) is 0 Å². The molecule has 3 nitrogen and oxygen atoms in total. The normalized spacial score (nSPS) is 30.9. The Labute approximate surface area is 62.5 Å². The number of hydroxylamine groups is 2. The third-order valence-electron chi connectivity index (χ3n) is 2.18. The van der Waals surface area contributed by atoms with Crippen molar-refractivity contribution < 1.29 is 4.84 Å². The van der Waals surface area contributed by atoms with E-state index in [2.05, 4.69) is 18.9 Å². The van der Waals surface area contributed by atoms with Gasteiger partial charge in [0.1, 0.15) is 0 Å². The first kappa shape index (κ1) is 7.98. The van der Waals surface area contributed by atoms with Crippen LogP contribution in [0.15, 0.2) is 0 Å². The van der Waals surface area contributed by atoms with E-state index >= 15 is 0 Å². The van der Waals surface area contributed by atoms with E-state index in [1.54, 1.807) is 7.11 Å². The van der Waals surface area contributed by atoms with Crippen molar-refractivity contribution in [2.24, 2.45) is 0 Å². The SMILES string of the molecule is CON1CCN(C)C(C)C1. The molecule has 0 aliphatic carbocycles. The van der Waals surface area contributed by atoms with Gasteiger partial charge in [0.2, 0.25) is 0 Å². The van der Waals surface area contributed by atoms with Gasteiger partial charge in [-0.25, -0.2) is 0 Å². The number of likely N-dealkylation sites (N-methyl/N-ethyl adjacent to an activating group) is 1. The second-order valence-electron chi connectivity index (χ2n) is 2.90. The molecule has 0 aromatic carbocycles. The standard InChI is InChI=1S/C7H16N2O/c1-7-6-9(10-3)5-4-8(7)2/h7H,4-6H2,1-3H3. The average molecular weight is 144 g/mol. The summed E-state index contributed by atoms with van der Waals surface area (Å²) >= 11 is 0. The van der Waals surface area contributed by atoms with Gasteiger partial charge >= 0.3 is 0 Å². The minimum absolute atomic E-state index is 0.619. The molecule has 1 rings (SSSR count). The van der Waals surface area contributed by atoms with Gasteiger partial charge in [0.15, 0.2) is 0 Å². The van der Waals surface area contributed by atoms with Crippen molar-refractivity contribution in [1.29, 1.82) is 0 Å². The Kier molecular flexibility index (Phi) is 2.65. The van der Waals surface area contributed by atoms with Gasteiger partial charge in [-0.15, -0.1) is 0 Å². The lowest BCUT2D eigenvalue weighted by Crippen LogP contribution is -2.49. The van der Waals surface area contributed by atoms with Crippen molar-refractivity contribution in [2.45, 2.75) is 13.0 Å². The molecule has 0 saturated carbocycles. The number of hydrogen-bond acceptors (Lipinski definition) is 3. The van der Waals surface area contributed by atoms with Gasteiger partial charge in [0.25, 0.3) is 0 Å². The average Bonchev–Trinajstić information content (AvgIpc) is 1.95. The van der Waals surface area contributed by atoms with Crippen molar-refractivity contribution in [3.05, 3.63) is 0 Å². The summed E-state index contributed by atoms with van der Waals surface area (Å²) in [5.74, 6) is 0. The van der Waals surface area contributed by atoms with Crippen LogP contribution in [-0.4, -0.2) is 49.8 Å². The minimum atomic E-state index is 0.619. The van der Waals surface area contributed by atoms with Gasteiger partial charge in [0.05, 0.1) is 7.11 Å². The summed E-state index contributed by atoms with van der Waals surface area (Å²) in [7, 11) is 3.88. The first-order chi connectivity index (χ1) is 4.74. The van der Waals surface area contributed by atoms with Crippen LogP contribution in [0.3, 0.4) is 0 Å². The molecule has 1 aliphatic rings. The Morgan fingerprint density at radius 1 is 1.40 bits per heavy atom. The molecule has 1 heterocycles. The highest BCUT2D eigenvalue weighted by Crippen LogP contribution is 2.05. The lowest BCUT2D eigenvalue weighted by molar-refractivity contribution is -0.160. The van der Waals surface area contributed by atoms with Crippen LogP contribution in [0.4, 0.5) is 0 Å². The highest BCUT2D eigenvalue weighted by molar-refractivity contribution is 4.71. The molecule has 0 aromatic heterocycles. The molecular weight excluding hydrogens is 128 g/mol. The maximum atomic E-state index is 5.12. The van der Waals surface area contributed by atoms with E-state index in [4.69, 9.17) is 4.84 Å². The Morgan fingerprint density at radius 3 is 2.60 bits per heavy atom. The zero-order valence-electron chi connectivity index (χ0n) is 7.00. The van der Waals surface area contributed by atoms with Crippen LogP contribution in [0, 0.1) is 0 Å². The first-order valence-corrected chi connectivity index (χ1v) is 3.73. The van der Waals surface area contributed by atoms with E-state index < -0.39 is 0 Å². The largest absolute Gasteiger partial charge is 0.302 e. The molecule has 1 unspecified atom stereocenters. The number of hydrogen-bond donors (Lipinski definition) is 0. The number of nitrogens with zero attached hydrogens (tertiary/aromatic N) is 2. The summed E-state index contributed by atoms with van der Waals surface area (Å²) in [5.41, 5.74) is 0. The summed E-state index contributed by atoms with van der Waals surface area (Å²) in [6.07, 6.45) is 0. The molecular formula is C7H16N2O. The molecule has 0 amide bonds. The molecule has 1 fully saturated rings. The van der Waals surface area contributed by atoms with Gasteiger partial charge < -0.3 is 9.74 Å². The van der Waals surface area contributed by atoms with Crippen LogP contribution in [-0.2, 0) is 4.84 Å². The van der Waals surface area contributed by atoms with Gasteiger partial charge in [0, 0.05) is 25.7 Å². The molecule has 3 heteroatoms. The van der Waals surface area contributed by atoms with E-state index in [1.165, 1.54) is 0 Å². The van der Waals surface area contributed by atoms with Crippen molar-refractivity contribution in [3.63, 3.8) is 0 Å². The molecule has 10 heavy (non-hydrogen) atoms. The second-order valence-corrected chi connectivity index (χ2v) is 2.90. The molecule has 1 aliphatic heterocycles. The first-order valence-electron chi connectivity index (χ1n) is 3.73. The summed E-state index contributed by atoms with van der Waals surface area (Å²) in [5, 5.41) is 2.00. The van der Waals surface area contributed by atoms with Crippen LogP contribution in [0.25, 0.3) is 0 Å². The summed E-state index contributed by atoms with van der Waals surface area (Å²) in [6.45, 7) is 5.37. The van der Waals surface area contributed by atoms with Gasteiger partial charge in [-0.1, -0.05) is 0 Å². The maximum Gasteiger partial charge on any atom is 0.0575 e. The van der Waals surface area contributed by atoms with Crippen LogP contribution < -0.4 is 0 Å². The fourth-order valence-electron chi connectivity index (χ4n) is 1.18. The molecule has 0 aromatic rings. The smallest absolute Gasteiger partial charge is 0.0575 e. The molecule has 1 atom stereocenters. The predicted octanol–water partition coefficient (Wildman–Crippen LogP) is 0.184. The van der Waals surface area contributed by atoms with E-state index in [1.807, 2.05) is 5.06 Å². The number of rotatable bonds is 1. The fourth-order valence-corrected chi connectivity index (χ4v) is 1.18. The van der Waals surface area contributed by atoms with E-state index in [9.17, 15) is 0 Å². The van der Waals surface area contributed by atoms with Gasteiger partial charge in [-0.05, 0) is 14.0 Å². The van der Waals surface area contributed by atoms with Crippen LogP contribution >= 0.6 is 0 Å². The zero-order chi connectivity index (χ0) is 7.56. The maximum absolute atomic E-state index is 5.12. The zero-order valence-corrected chi connectivity index (χ0v) is 7.00. The highest BCUT2D eigenvalue weighted by Gasteiger charge is 2.19. The number of piperazine rings is 1.